The highest BCUT2D eigenvalue weighted by atomic mass is 16.5. The highest BCUT2D eigenvalue weighted by molar-refractivity contribution is 5.89. The number of Topliss-reactive ketones (excluding diaryl/α,β-unsaturated/α-hetero) is 4. The van der Waals surface area contributed by atoms with Gasteiger partial charge in [-0.05, 0) is 75.0 Å². The molecule has 1 aromatic rings. The molecule has 4 atom stereocenters. The monoisotopic (exact) mass is 1120 g/mol. The number of aliphatic carboxylic acids is 3. The van der Waals surface area contributed by atoms with Crippen molar-refractivity contribution in [2.24, 2.45) is 23.5 Å². The van der Waals surface area contributed by atoms with Gasteiger partial charge in [-0.1, -0.05) is 103 Å². The Morgan fingerprint density at radius 3 is 1.52 bits per heavy atom. The van der Waals surface area contributed by atoms with Crippen LogP contribution in [0, 0.1) is 17.8 Å². The summed E-state index contributed by atoms with van der Waals surface area (Å²) >= 11 is 0. The number of carbonyl (C=O) groups is 10. The molecule has 0 aliphatic carbocycles. The Morgan fingerprint density at radius 2 is 1.00 bits per heavy atom. The van der Waals surface area contributed by atoms with E-state index in [1.807, 2.05) is 13.8 Å². The number of nitrogens with two attached hydrogens (primary N) is 1. The summed E-state index contributed by atoms with van der Waals surface area (Å²) in [4.78, 5) is 122. The average Bonchev–Trinajstić information content (AvgIpc) is 3.38. The van der Waals surface area contributed by atoms with Crippen LogP contribution in [-0.4, -0.2) is 144 Å². The molecule has 1 aromatic carbocycles. The number of carbonyl (C=O) groups excluding carboxylic acids is 7. The highest BCUT2D eigenvalue weighted by Gasteiger charge is 2.25. The first-order chi connectivity index (χ1) is 37.8. The minimum atomic E-state index is -1.23. The number of ketones is 4. The Kier molecular flexibility index (Phi) is 40.8. The minimum absolute atomic E-state index is 0.0165. The van der Waals surface area contributed by atoms with Gasteiger partial charge in [-0.15, -0.1) is 0 Å². The zero-order chi connectivity index (χ0) is 58.6. The number of phenolic OH excluding ortho intramolecular Hbond substituents is 1. The van der Waals surface area contributed by atoms with Gasteiger partial charge in [0.2, 0.25) is 17.7 Å². The maximum Gasteiger partial charge on any atom is 0.306 e. The molecule has 0 aliphatic rings. The van der Waals surface area contributed by atoms with Gasteiger partial charge in [-0.2, -0.15) is 0 Å². The molecule has 448 valence electrons. The van der Waals surface area contributed by atoms with E-state index < -0.39 is 59.4 Å². The van der Waals surface area contributed by atoms with Gasteiger partial charge in [-0.25, -0.2) is 0 Å². The predicted molar refractivity (Wildman–Crippen MR) is 297 cm³/mol. The van der Waals surface area contributed by atoms with Gasteiger partial charge in [0.05, 0.1) is 56.8 Å². The maximum absolute atomic E-state index is 13.3. The van der Waals surface area contributed by atoms with Crippen LogP contribution in [0.2, 0.25) is 0 Å². The van der Waals surface area contributed by atoms with Crippen LogP contribution in [0.25, 0.3) is 0 Å². The summed E-state index contributed by atoms with van der Waals surface area (Å²) in [5.41, 5.74) is 6.32. The second-order valence-corrected chi connectivity index (χ2v) is 21.1. The molecule has 0 aliphatic heterocycles. The fraction of sp³-hybridized carbons (Fsp3) is 0.724. The van der Waals surface area contributed by atoms with E-state index in [0.29, 0.717) is 38.5 Å². The van der Waals surface area contributed by atoms with Crippen molar-refractivity contribution in [2.75, 3.05) is 52.6 Å². The first-order valence-corrected chi connectivity index (χ1v) is 28.7. The van der Waals surface area contributed by atoms with Crippen LogP contribution in [0.1, 0.15) is 186 Å². The van der Waals surface area contributed by atoms with Crippen molar-refractivity contribution in [3.05, 3.63) is 29.8 Å². The third kappa shape index (κ3) is 40.2. The van der Waals surface area contributed by atoms with Crippen molar-refractivity contribution >= 4 is 58.8 Å². The van der Waals surface area contributed by atoms with Crippen molar-refractivity contribution in [3.8, 4) is 5.75 Å². The summed E-state index contributed by atoms with van der Waals surface area (Å²) in [5, 5.41) is 48.9. The largest absolute Gasteiger partial charge is 0.508 e. The van der Waals surface area contributed by atoms with Crippen LogP contribution >= 0.6 is 0 Å². The van der Waals surface area contributed by atoms with Gasteiger partial charge >= 0.3 is 17.9 Å². The number of rotatable bonds is 54. The number of carboxylic acids is 3. The van der Waals surface area contributed by atoms with E-state index in [1.54, 1.807) is 12.1 Å². The van der Waals surface area contributed by atoms with Gasteiger partial charge in [0.25, 0.3) is 0 Å². The summed E-state index contributed by atoms with van der Waals surface area (Å²) in [6.07, 6.45) is 16.7. The first-order valence-electron chi connectivity index (χ1n) is 28.7. The molecule has 21 nitrogen and oxygen atoms in total. The number of hydrogen-bond acceptors (Lipinski definition) is 15. The quantitative estimate of drug-likeness (QED) is 0.0330. The van der Waals surface area contributed by atoms with E-state index in [2.05, 4.69) is 21.3 Å². The molecule has 0 unspecified atom stereocenters. The second kappa shape index (κ2) is 45.1. The van der Waals surface area contributed by atoms with Crippen molar-refractivity contribution in [1.82, 2.24) is 21.3 Å². The number of ether oxygens (including phenoxy) is 2. The number of nitrogens with one attached hydrogen (secondary N) is 4. The van der Waals surface area contributed by atoms with Crippen LogP contribution in [-0.2, 0) is 63.8 Å². The molecule has 21 heteroatoms. The molecule has 0 saturated carbocycles. The van der Waals surface area contributed by atoms with Crippen molar-refractivity contribution < 1.29 is 77.8 Å². The summed E-state index contributed by atoms with van der Waals surface area (Å²) < 4.78 is 10.8. The van der Waals surface area contributed by atoms with Gasteiger partial charge < -0.3 is 51.6 Å². The number of carboxylic acid groups (broad SMARTS) is 3. The Bertz CT molecular complexity index is 1960. The smallest absolute Gasteiger partial charge is 0.306 e. The fourth-order valence-corrected chi connectivity index (χ4v) is 8.84. The number of phenols is 1. The summed E-state index contributed by atoms with van der Waals surface area (Å²) in [5.74, 6) is -7.27. The highest BCUT2D eigenvalue weighted by Crippen LogP contribution is 2.18. The lowest BCUT2D eigenvalue weighted by atomic mass is 9.94. The normalized spacial score (nSPS) is 12.8. The lowest BCUT2D eigenvalue weighted by Gasteiger charge is -2.20. The zero-order valence-electron chi connectivity index (χ0n) is 47.2. The molecule has 0 radical (unpaired) electrons. The molecule has 0 bridgehead atoms. The van der Waals surface area contributed by atoms with E-state index in [-0.39, 0.29) is 139 Å². The van der Waals surface area contributed by atoms with Gasteiger partial charge in [-0.3, -0.25) is 53.3 Å². The second-order valence-electron chi connectivity index (χ2n) is 21.1. The summed E-state index contributed by atoms with van der Waals surface area (Å²) in [6, 6.07) is 4.67. The number of hydrogen-bond donors (Lipinski definition) is 9. The molecular weight excluding hydrogens is 1020 g/mol. The fourth-order valence-electron chi connectivity index (χ4n) is 8.84. The summed E-state index contributed by atoms with van der Waals surface area (Å²) in [6.45, 7) is 3.86. The molecule has 0 heterocycles. The van der Waals surface area contributed by atoms with Crippen molar-refractivity contribution in [2.45, 2.75) is 199 Å². The molecule has 0 spiro atoms. The molecule has 1 rings (SSSR count). The van der Waals surface area contributed by atoms with Crippen LogP contribution in [0.4, 0.5) is 0 Å². The van der Waals surface area contributed by atoms with Crippen molar-refractivity contribution in [1.29, 1.82) is 0 Å². The van der Waals surface area contributed by atoms with Gasteiger partial charge in [0.1, 0.15) is 23.9 Å². The summed E-state index contributed by atoms with van der Waals surface area (Å²) in [7, 11) is 0. The Balaban J connectivity index is 2.25. The molecule has 0 aromatic heterocycles. The third-order valence-electron chi connectivity index (χ3n) is 13.4. The van der Waals surface area contributed by atoms with Crippen LogP contribution in [0.5, 0.6) is 5.75 Å². The molecule has 10 N–H and O–H groups in total. The number of aromatic hydroxyl groups is 1. The van der Waals surface area contributed by atoms with E-state index in [9.17, 15) is 63.3 Å². The molecule has 3 amide bonds. The molecule has 0 fully saturated rings. The number of primary amides is 1. The standard InChI is InChI=1S/C58H95N5O16/c1-42(2)35-48(66)39-62-50(52(68)40-63-51(56(59)73)36-43-22-26-46(64)27-23-43)20-17-18-30-60-53(69)28-25-45(58(76)77)38-49(67)41-79-34-33-78-32-31-61-54(70)29-24-44(57(74)75)37-47(65)19-15-13-11-9-7-5-3-4-6-8-10-12-14-16-21-55(71)72/h22-23,26-27,42,44-45,50-51,62-64H,3-21,24-25,28-41H2,1-2H3,(H2,59,73)(H,60,69)(H,61,70)(H,71,72)(H,74,75)(H,76,77)/t44-,45-,50+,51+/m1/s1. The number of amides is 3. The van der Waals surface area contributed by atoms with Gasteiger partial charge in [0, 0.05) is 58.0 Å². The third-order valence-corrected chi connectivity index (χ3v) is 13.4. The van der Waals surface area contributed by atoms with Crippen LogP contribution < -0.4 is 27.0 Å². The van der Waals surface area contributed by atoms with E-state index in [0.717, 1.165) is 56.9 Å². The van der Waals surface area contributed by atoms with Gasteiger partial charge in [0.15, 0.2) is 11.6 Å². The Hall–Kier alpha value is -5.64. The molecular formula is C58H95N5O16. The SMILES string of the molecule is CC(C)CC(=O)CN[C@@H](CCCCNC(=O)CC[C@H](CC(=O)COCCOCCNC(=O)CC[C@H](CC(=O)CCCCCCCCCCCCCCCCC(=O)O)C(=O)O)C(=O)O)C(=O)CN[C@@H](Cc1ccc(O)cc1)C(N)=O. The van der Waals surface area contributed by atoms with Crippen molar-refractivity contribution in [3.63, 3.8) is 0 Å². The Labute approximate surface area is 467 Å². The van der Waals surface area contributed by atoms with Crippen LogP contribution in [0.3, 0.4) is 0 Å². The van der Waals surface area contributed by atoms with E-state index in [1.165, 1.54) is 44.2 Å². The van der Waals surface area contributed by atoms with E-state index in [4.69, 9.17) is 20.3 Å². The molecule has 79 heavy (non-hydrogen) atoms. The van der Waals surface area contributed by atoms with E-state index >= 15 is 0 Å². The predicted octanol–water partition coefficient (Wildman–Crippen LogP) is 6.16. The topological polar surface area (TPSA) is 344 Å². The van der Waals surface area contributed by atoms with Crippen LogP contribution in [0.15, 0.2) is 24.3 Å². The lowest BCUT2D eigenvalue weighted by molar-refractivity contribution is -0.145. The average molecular weight is 1120 g/mol. The number of benzene rings is 1. The lowest BCUT2D eigenvalue weighted by Crippen LogP contribution is -2.49. The first kappa shape index (κ1) is 71.4. The minimum Gasteiger partial charge on any atom is -0.508 e. The zero-order valence-corrected chi connectivity index (χ0v) is 47.2. The maximum atomic E-state index is 13.3. The molecule has 0 saturated heterocycles. The Morgan fingerprint density at radius 1 is 0.506 bits per heavy atom. The number of unbranched alkanes of at least 4 members (excludes halogenated alkanes) is 14.